The SMILES string of the molecule is CCC1CCC(N[C@H](C)C2CCCCCC2)CC1. The van der Waals surface area contributed by atoms with Crippen LogP contribution in [0.1, 0.15) is 84.5 Å². The molecule has 2 aliphatic carbocycles. The first-order valence-electron chi connectivity index (χ1n) is 8.55. The van der Waals surface area contributed by atoms with Crippen LogP contribution in [-0.4, -0.2) is 12.1 Å². The van der Waals surface area contributed by atoms with E-state index in [0.29, 0.717) is 0 Å². The average Bonchev–Trinajstić information content (AvgIpc) is 2.68. The molecule has 2 fully saturated rings. The maximum Gasteiger partial charge on any atom is 0.00698 e. The molecule has 2 saturated carbocycles. The van der Waals surface area contributed by atoms with Crippen molar-refractivity contribution in [3.05, 3.63) is 0 Å². The van der Waals surface area contributed by atoms with Crippen molar-refractivity contribution in [1.82, 2.24) is 5.32 Å². The zero-order valence-electron chi connectivity index (χ0n) is 12.6. The molecule has 2 rings (SSSR count). The predicted octanol–water partition coefficient (Wildman–Crippen LogP) is 4.90. The molecule has 0 bridgehead atoms. The van der Waals surface area contributed by atoms with Crippen LogP contribution in [0.4, 0.5) is 0 Å². The summed E-state index contributed by atoms with van der Waals surface area (Å²) in [5.41, 5.74) is 0. The average molecular weight is 251 g/mol. The summed E-state index contributed by atoms with van der Waals surface area (Å²) in [4.78, 5) is 0. The van der Waals surface area contributed by atoms with Gasteiger partial charge < -0.3 is 5.32 Å². The lowest BCUT2D eigenvalue weighted by Crippen LogP contribution is -2.42. The van der Waals surface area contributed by atoms with Crippen molar-refractivity contribution in [3.8, 4) is 0 Å². The Morgan fingerprint density at radius 2 is 1.50 bits per heavy atom. The monoisotopic (exact) mass is 251 g/mol. The van der Waals surface area contributed by atoms with Crippen molar-refractivity contribution < 1.29 is 0 Å². The van der Waals surface area contributed by atoms with E-state index in [0.717, 1.165) is 23.9 Å². The van der Waals surface area contributed by atoms with E-state index in [1.54, 1.807) is 0 Å². The van der Waals surface area contributed by atoms with Crippen molar-refractivity contribution in [2.75, 3.05) is 0 Å². The molecule has 0 aromatic rings. The summed E-state index contributed by atoms with van der Waals surface area (Å²) < 4.78 is 0. The molecule has 0 amide bonds. The normalized spacial score (nSPS) is 33.0. The Kier molecular flexibility index (Phi) is 6.01. The maximum absolute atomic E-state index is 3.96. The molecule has 0 aromatic carbocycles. The lowest BCUT2D eigenvalue weighted by atomic mass is 9.83. The minimum absolute atomic E-state index is 0.756. The van der Waals surface area contributed by atoms with Gasteiger partial charge in [0.1, 0.15) is 0 Å². The number of rotatable bonds is 4. The molecule has 0 heterocycles. The molecule has 1 nitrogen and oxygen atoms in total. The molecule has 106 valence electrons. The van der Waals surface area contributed by atoms with Gasteiger partial charge in [-0.3, -0.25) is 0 Å². The molecule has 1 N–H and O–H groups in total. The van der Waals surface area contributed by atoms with Gasteiger partial charge in [-0.1, -0.05) is 39.0 Å². The Morgan fingerprint density at radius 3 is 2.06 bits per heavy atom. The van der Waals surface area contributed by atoms with Gasteiger partial charge in [0.15, 0.2) is 0 Å². The summed E-state index contributed by atoms with van der Waals surface area (Å²) in [6.45, 7) is 4.80. The highest BCUT2D eigenvalue weighted by molar-refractivity contribution is 4.82. The summed E-state index contributed by atoms with van der Waals surface area (Å²) in [6.07, 6.45) is 16.0. The van der Waals surface area contributed by atoms with Crippen LogP contribution in [0.2, 0.25) is 0 Å². The van der Waals surface area contributed by atoms with Crippen molar-refractivity contribution in [1.29, 1.82) is 0 Å². The van der Waals surface area contributed by atoms with Gasteiger partial charge in [0.25, 0.3) is 0 Å². The molecule has 0 unspecified atom stereocenters. The van der Waals surface area contributed by atoms with Crippen molar-refractivity contribution in [2.45, 2.75) is 96.6 Å². The fourth-order valence-corrected chi connectivity index (χ4v) is 4.06. The smallest absolute Gasteiger partial charge is 0.00698 e. The van der Waals surface area contributed by atoms with Gasteiger partial charge in [0.05, 0.1) is 0 Å². The van der Waals surface area contributed by atoms with Crippen LogP contribution < -0.4 is 5.32 Å². The minimum Gasteiger partial charge on any atom is -0.311 e. The minimum atomic E-state index is 0.756. The quantitative estimate of drug-likeness (QED) is 0.700. The van der Waals surface area contributed by atoms with E-state index in [1.807, 2.05) is 0 Å². The highest BCUT2D eigenvalue weighted by atomic mass is 15.0. The van der Waals surface area contributed by atoms with E-state index < -0.39 is 0 Å². The second-order valence-corrected chi connectivity index (χ2v) is 6.83. The molecular formula is C17H33N. The molecule has 0 spiro atoms. The Balaban J connectivity index is 1.71. The molecule has 0 radical (unpaired) electrons. The van der Waals surface area contributed by atoms with E-state index in [1.165, 1.54) is 70.6 Å². The number of hydrogen-bond acceptors (Lipinski definition) is 1. The van der Waals surface area contributed by atoms with Crippen LogP contribution >= 0.6 is 0 Å². The second kappa shape index (κ2) is 7.53. The predicted molar refractivity (Wildman–Crippen MR) is 79.8 cm³/mol. The largest absolute Gasteiger partial charge is 0.311 e. The van der Waals surface area contributed by atoms with Gasteiger partial charge in [-0.25, -0.2) is 0 Å². The summed E-state index contributed by atoms with van der Waals surface area (Å²) >= 11 is 0. The first-order chi connectivity index (χ1) is 8.79. The molecular weight excluding hydrogens is 218 g/mol. The van der Waals surface area contributed by atoms with E-state index in [2.05, 4.69) is 19.2 Å². The summed E-state index contributed by atoms with van der Waals surface area (Å²) in [7, 11) is 0. The van der Waals surface area contributed by atoms with Gasteiger partial charge in [0.2, 0.25) is 0 Å². The van der Waals surface area contributed by atoms with Crippen LogP contribution in [0.3, 0.4) is 0 Å². The Hall–Kier alpha value is -0.0400. The molecule has 1 atom stereocenters. The maximum atomic E-state index is 3.96. The van der Waals surface area contributed by atoms with Crippen LogP contribution in [0.15, 0.2) is 0 Å². The molecule has 0 aromatic heterocycles. The van der Waals surface area contributed by atoms with Crippen molar-refractivity contribution >= 4 is 0 Å². The zero-order chi connectivity index (χ0) is 12.8. The highest BCUT2D eigenvalue weighted by Crippen LogP contribution is 2.29. The van der Waals surface area contributed by atoms with Gasteiger partial charge in [0, 0.05) is 12.1 Å². The van der Waals surface area contributed by atoms with Crippen LogP contribution in [-0.2, 0) is 0 Å². The van der Waals surface area contributed by atoms with E-state index in [4.69, 9.17) is 0 Å². The molecule has 0 saturated heterocycles. The van der Waals surface area contributed by atoms with E-state index in [-0.39, 0.29) is 0 Å². The van der Waals surface area contributed by atoms with Crippen LogP contribution in [0, 0.1) is 11.8 Å². The van der Waals surface area contributed by atoms with E-state index >= 15 is 0 Å². The first-order valence-corrected chi connectivity index (χ1v) is 8.55. The van der Waals surface area contributed by atoms with Crippen LogP contribution in [0.5, 0.6) is 0 Å². The first kappa shape index (κ1) is 14.4. The molecule has 18 heavy (non-hydrogen) atoms. The third-order valence-electron chi connectivity index (χ3n) is 5.53. The summed E-state index contributed by atoms with van der Waals surface area (Å²) in [5.74, 6) is 1.98. The third kappa shape index (κ3) is 4.26. The van der Waals surface area contributed by atoms with Crippen LogP contribution in [0.25, 0.3) is 0 Å². The van der Waals surface area contributed by atoms with Crippen molar-refractivity contribution in [3.63, 3.8) is 0 Å². The molecule has 0 aliphatic heterocycles. The summed E-state index contributed by atoms with van der Waals surface area (Å²) in [6, 6.07) is 1.58. The lowest BCUT2D eigenvalue weighted by molar-refractivity contribution is 0.239. The molecule has 1 heteroatoms. The van der Waals surface area contributed by atoms with Crippen molar-refractivity contribution in [2.24, 2.45) is 11.8 Å². The molecule has 2 aliphatic rings. The van der Waals surface area contributed by atoms with Gasteiger partial charge in [-0.15, -0.1) is 0 Å². The fourth-order valence-electron chi connectivity index (χ4n) is 4.06. The van der Waals surface area contributed by atoms with Gasteiger partial charge in [-0.05, 0) is 57.3 Å². The Labute approximate surface area is 114 Å². The summed E-state index contributed by atoms with van der Waals surface area (Å²) in [5, 5.41) is 3.96. The Morgan fingerprint density at radius 1 is 0.889 bits per heavy atom. The Bertz CT molecular complexity index is 210. The van der Waals surface area contributed by atoms with Gasteiger partial charge in [-0.2, -0.15) is 0 Å². The number of nitrogens with one attached hydrogen (secondary N) is 1. The zero-order valence-corrected chi connectivity index (χ0v) is 12.6. The fraction of sp³-hybridized carbons (Fsp3) is 1.00. The van der Waals surface area contributed by atoms with Gasteiger partial charge >= 0.3 is 0 Å². The highest BCUT2D eigenvalue weighted by Gasteiger charge is 2.24. The second-order valence-electron chi connectivity index (χ2n) is 6.83. The standard InChI is InChI=1S/C17H33N/c1-3-15-10-12-17(13-11-15)18-14(2)16-8-6-4-5-7-9-16/h14-18H,3-13H2,1-2H3/t14-,15?,17?/m1/s1. The third-order valence-corrected chi connectivity index (χ3v) is 5.53. The number of hydrogen-bond donors (Lipinski definition) is 1. The lowest BCUT2D eigenvalue weighted by Gasteiger charge is -2.33. The van der Waals surface area contributed by atoms with E-state index in [9.17, 15) is 0 Å². The topological polar surface area (TPSA) is 12.0 Å².